The molecule has 8 aromatic carbocycles. The van der Waals surface area contributed by atoms with Gasteiger partial charge in [0, 0.05) is 110 Å². The molecule has 4 N–H and O–H groups in total. The van der Waals surface area contributed by atoms with E-state index < -0.39 is 40.9 Å². The number of halogens is 2. The van der Waals surface area contributed by atoms with Crippen molar-refractivity contribution in [2.45, 2.75) is 171 Å². The summed E-state index contributed by atoms with van der Waals surface area (Å²) in [6, 6.07) is 59.8. The summed E-state index contributed by atoms with van der Waals surface area (Å²) in [6.45, 7) is 23.6. The number of ether oxygens (including phenoxy) is 4. The fraction of sp³-hybridized carbons (Fsp3) is 0.337. The molecule has 24 nitrogen and oxygen atoms in total. The average Bonchev–Trinajstić information content (AvgIpc) is 1.57. The number of rotatable bonds is 16. The number of benzene rings is 8. The first-order chi connectivity index (χ1) is 57.3. The lowest BCUT2D eigenvalue weighted by molar-refractivity contribution is -0.146. The van der Waals surface area contributed by atoms with Gasteiger partial charge in [-0.25, -0.2) is 33.6 Å². The van der Waals surface area contributed by atoms with Crippen LogP contribution in [0.25, 0.3) is 43.6 Å². The smallest absolute Gasteiger partial charge is 0.338 e. The van der Waals surface area contributed by atoms with Crippen molar-refractivity contribution in [3.05, 3.63) is 284 Å². The number of hydrogen-bond acceptors (Lipinski definition) is 15. The van der Waals surface area contributed by atoms with E-state index in [0.717, 1.165) is 104 Å². The number of nitrogens with zero attached hydrogens (tertiary/aromatic N) is 8. The molecule has 652 valence electrons. The van der Waals surface area contributed by atoms with Crippen LogP contribution in [0.15, 0.2) is 200 Å². The third kappa shape index (κ3) is 19.7. The highest BCUT2D eigenvalue weighted by atomic mass is 35.5. The van der Waals surface area contributed by atoms with E-state index in [1.165, 1.54) is 44.3 Å². The van der Waals surface area contributed by atoms with E-state index in [2.05, 4.69) is 84.4 Å². The number of carboxylic acids is 1. The Hall–Kier alpha value is -12.4. The van der Waals surface area contributed by atoms with Crippen molar-refractivity contribution in [1.82, 2.24) is 43.2 Å². The molecule has 0 radical (unpaired) electrons. The third-order valence-corrected chi connectivity index (χ3v) is 22.0. The number of aromatic nitrogens is 4. The van der Waals surface area contributed by atoms with Crippen LogP contribution in [-0.4, -0.2) is 160 Å². The first-order valence-electron chi connectivity index (χ1n) is 40.7. The highest BCUT2D eigenvalue weighted by Crippen LogP contribution is 2.44. The fourth-order valence-electron chi connectivity index (χ4n) is 16.7. The molecule has 5 aliphatic rings. The number of carboxylic acid groups (broad SMARTS) is 1. The van der Waals surface area contributed by atoms with Gasteiger partial charge in [0.1, 0.15) is 22.8 Å². The zero-order valence-corrected chi connectivity index (χ0v) is 72.3. The molecule has 17 rings (SSSR count). The molecule has 26 heteroatoms. The number of carbonyl (C=O) groups excluding carboxylic acids is 8. The maximum absolute atomic E-state index is 13.0. The van der Waals surface area contributed by atoms with Crippen LogP contribution < -0.4 is 11.1 Å². The van der Waals surface area contributed by atoms with E-state index in [0.29, 0.717) is 75.4 Å². The van der Waals surface area contributed by atoms with Gasteiger partial charge < -0.3 is 57.9 Å². The van der Waals surface area contributed by atoms with Crippen molar-refractivity contribution < 1.29 is 67.2 Å². The van der Waals surface area contributed by atoms with Crippen LogP contribution in [0.3, 0.4) is 0 Å². The van der Waals surface area contributed by atoms with Gasteiger partial charge in [0.25, 0.3) is 11.8 Å². The van der Waals surface area contributed by atoms with Gasteiger partial charge in [-0.2, -0.15) is 0 Å². The minimum Gasteiger partial charge on any atom is -0.478 e. The molecule has 12 aromatic rings. The molecule has 0 bridgehead atoms. The van der Waals surface area contributed by atoms with Gasteiger partial charge in [0.05, 0.1) is 45.9 Å². The highest BCUT2D eigenvalue weighted by Gasteiger charge is 2.50. The van der Waals surface area contributed by atoms with Crippen molar-refractivity contribution in [3.8, 4) is 0 Å². The zero-order valence-electron chi connectivity index (χ0n) is 70.7. The van der Waals surface area contributed by atoms with Gasteiger partial charge in [-0.3, -0.25) is 24.7 Å². The summed E-state index contributed by atoms with van der Waals surface area (Å²) >= 11 is 0. The Morgan fingerprint density at radius 2 is 0.774 bits per heavy atom. The number of nitrogens with one attached hydrogen (secondary N) is 1. The SMILES string of the molecule is C.C.CC(C)(C)OC(=O)c1ccc(Cn2cc(CCN)c3ccccc32)cc1.CCOC(=O)C1NCCc2c1n(Cc1ccc(C(=O)OC(C)(C)C)cc1)c1ccccc21.CN1C(=O)C2c3c(c4ccccc4n3Cc3ccc(C(=O)O)cc3)CCN2C1=O.CN1C(=O)C2c3c(c4ccccc4n3Cc3ccc(C(=O)OC(C)(C)C)cc3)CCN2C1=O.Cl.Cl. The first-order valence-corrected chi connectivity index (χ1v) is 40.7. The molecule has 0 spiro atoms. The fourth-order valence-corrected chi connectivity index (χ4v) is 16.7. The van der Waals surface area contributed by atoms with Crippen LogP contribution in [0.4, 0.5) is 9.59 Å². The number of esters is 4. The van der Waals surface area contributed by atoms with Gasteiger partial charge in [-0.05, 0) is 219 Å². The second kappa shape index (κ2) is 38.6. The predicted molar refractivity (Wildman–Crippen MR) is 487 cm³/mol. The molecule has 2 saturated heterocycles. The molecule has 2 fully saturated rings. The van der Waals surface area contributed by atoms with Gasteiger partial charge in [-0.1, -0.05) is 136 Å². The largest absolute Gasteiger partial charge is 0.478 e. The number of aromatic carboxylic acids is 1. The molecule has 4 aromatic heterocycles. The molecule has 5 aliphatic heterocycles. The number of nitrogens with two attached hydrogens (primary N) is 1. The zero-order chi connectivity index (χ0) is 85.4. The van der Waals surface area contributed by atoms with Crippen molar-refractivity contribution in [3.63, 3.8) is 0 Å². The van der Waals surface area contributed by atoms with Crippen LogP contribution >= 0.6 is 24.8 Å². The lowest BCUT2D eigenvalue weighted by Crippen LogP contribution is -2.37. The molecular weight excluding hydrogens is 1610 g/mol. The first kappa shape index (κ1) is 93.9. The molecule has 3 atom stereocenters. The summed E-state index contributed by atoms with van der Waals surface area (Å²) in [5, 5.41) is 17.1. The van der Waals surface area contributed by atoms with Gasteiger partial charge in [0.2, 0.25) is 0 Å². The quantitative estimate of drug-likeness (QED) is 0.0460. The molecular formula is C98H112Cl2N10O14. The number of fused-ring (bicyclic) bond motifs is 14. The van der Waals surface area contributed by atoms with Crippen LogP contribution in [0, 0.1) is 0 Å². The van der Waals surface area contributed by atoms with Gasteiger partial charge in [0.15, 0.2) is 12.1 Å². The summed E-state index contributed by atoms with van der Waals surface area (Å²) in [6.07, 6.45) is 5.31. The topological polar surface area (TPSA) is 282 Å². The van der Waals surface area contributed by atoms with Crippen LogP contribution in [0.5, 0.6) is 0 Å². The molecule has 0 aliphatic carbocycles. The maximum atomic E-state index is 13.0. The summed E-state index contributed by atoms with van der Waals surface area (Å²) in [5.41, 5.74) is 21.9. The van der Waals surface area contributed by atoms with Crippen molar-refractivity contribution >= 4 is 122 Å². The Morgan fingerprint density at radius 3 is 1.13 bits per heavy atom. The summed E-state index contributed by atoms with van der Waals surface area (Å²) in [5.74, 6) is -2.59. The second-order valence-corrected chi connectivity index (χ2v) is 33.8. The summed E-state index contributed by atoms with van der Waals surface area (Å²) < 4.78 is 30.4. The van der Waals surface area contributed by atoms with Crippen molar-refractivity contribution in [1.29, 1.82) is 0 Å². The summed E-state index contributed by atoms with van der Waals surface area (Å²) in [7, 11) is 3.07. The average molecular weight is 1720 g/mol. The van der Waals surface area contributed by atoms with E-state index in [1.54, 1.807) is 65.4 Å². The Kier molecular flexibility index (Phi) is 29.2. The van der Waals surface area contributed by atoms with E-state index in [1.807, 2.05) is 160 Å². The lowest BCUT2D eigenvalue weighted by Gasteiger charge is -2.29. The molecule has 124 heavy (non-hydrogen) atoms. The Bertz CT molecular complexity index is 5970. The molecule has 0 saturated carbocycles. The van der Waals surface area contributed by atoms with Crippen LogP contribution in [-0.2, 0) is 85.2 Å². The predicted octanol–water partition coefficient (Wildman–Crippen LogP) is 17.7. The normalized spacial score (nSPS) is 15.6. The van der Waals surface area contributed by atoms with Gasteiger partial charge >= 0.3 is 41.9 Å². The number of amides is 6. The van der Waals surface area contributed by atoms with E-state index >= 15 is 0 Å². The molecule has 3 unspecified atom stereocenters. The van der Waals surface area contributed by atoms with Crippen LogP contribution in [0.2, 0.25) is 0 Å². The molecule has 9 heterocycles. The number of hydrogen-bond donors (Lipinski definition) is 3. The highest BCUT2D eigenvalue weighted by molar-refractivity contribution is 6.07. The second-order valence-electron chi connectivity index (χ2n) is 33.8. The van der Waals surface area contributed by atoms with Crippen LogP contribution in [0.1, 0.15) is 205 Å². The number of likely N-dealkylation sites (N-methyl/N-ethyl adjacent to an activating group) is 2. The number of carbonyl (C=O) groups is 9. The maximum Gasteiger partial charge on any atom is 0.338 e. The number of urea groups is 2. The Morgan fingerprint density at radius 1 is 0.444 bits per heavy atom. The minimum atomic E-state index is -0.964. The number of imide groups is 2. The van der Waals surface area contributed by atoms with Gasteiger partial charge in [-0.15, -0.1) is 24.8 Å². The standard InChI is InChI=1S/C26H27N3O4.C26H30N2O4.C22H19N3O4.C22H26N2O2.2CH4.2ClH/c1-26(2,3)33-24(31)17-11-9-16(10-12-17)15-29-20-8-6-5-7-18(20)19-13-14-28-22(21(19)29)23(30)27(4)25(28)32;1-5-31-25(30)22-23-20(14-15-27-22)19-8-6-7-9-21(19)28(23)16-17-10-12-18(13-11-17)24(29)32-26(2,3)4;1-23-20(26)19-18-16(10-11-24(19)22(23)29)15-4-2-3-5-17(15)25(18)12-13-6-8-14(9-7-13)21(27)28;1-22(2,3)26-21(25)17-10-8-16(9-11-17)14-24-15-18(12-13-23)19-6-4-5-7-20(19)24;;;;/h5-12,22H,13-15H2,1-4H3;6-13,22,27H,5,14-16H2,1-4H3;2-9,19H,10-12H2,1H3,(H,27,28);4-11,15H,12-14,23H2,1-3H3;2*1H4;2*1H. The number of para-hydroxylation sites is 4. The summed E-state index contributed by atoms with van der Waals surface area (Å²) in [4.78, 5) is 118. The Balaban J connectivity index is 0.000000172. The van der Waals surface area contributed by atoms with Crippen molar-refractivity contribution in [2.75, 3.05) is 46.9 Å². The monoisotopic (exact) mass is 1720 g/mol. The van der Waals surface area contributed by atoms with Crippen molar-refractivity contribution in [2.24, 2.45) is 5.73 Å². The minimum absolute atomic E-state index is 0. The van der Waals surface area contributed by atoms with E-state index in [9.17, 15) is 43.2 Å². The van der Waals surface area contributed by atoms with E-state index in [-0.39, 0.29) is 93.0 Å². The molecule has 6 amide bonds. The Labute approximate surface area is 735 Å². The van der Waals surface area contributed by atoms with E-state index in [4.69, 9.17) is 29.8 Å². The third-order valence-electron chi connectivity index (χ3n) is 22.0. The lowest BCUT2D eigenvalue weighted by atomic mass is 9.98.